The van der Waals surface area contributed by atoms with Gasteiger partial charge >= 0.3 is 0 Å². The highest BCUT2D eigenvalue weighted by atomic mass is 16.3. The highest BCUT2D eigenvalue weighted by Crippen LogP contribution is 2.20. The SMILES string of the molecule is CCN(CC)c1ccc(/C=C/C(=O)c2cc3ccccc3o2)cc1. The summed E-state index contributed by atoms with van der Waals surface area (Å²) in [6.07, 6.45) is 3.38. The van der Waals surface area contributed by atoms with E-state index in [0.717, 1.165) is 29.6 Å². The zero-order chi connectivity index (χ0) is 16.9. The Labute approximate surface area is 142 Å². The van der Waals surface area contributed by atoms with Crippen molar-refractivity contribution in [3.63, 3.8) is 0 Å². The monoisotopic (exact) mass is 319 g/mol. The molecular weight excluding hydrogens is 298 g/mol. The molecule has 0 aliphatic carbocycles. The molecule has 0 N–H and O–H groups in total. The number of fused-ring (bicyclic) bond motifs is 1. The van der Waals surface area contributed by atoms with Crippen LogP contribution in [0.5, 0.6) is 0 Å². The Bertz CT molecular complexity index is 822. The molecule has 3 heteroatoms. The Morgan fingerprint density at radius 1 is 1.04 bits per heavy atom. The summed E-state index contributed by atoms with van der Waals surface area (Å²) in [5, 5.41) is 0.942. The molecule has 0 atom stereocenters. The summed E-state index contributed by atoms with van der Waals surface area (Å²) in [6, 6.07) is 17.6. The fourth-order valence-corrected chi connectivity index (χ4v) is 2.74. The van der Waals surface area contributed by atoms with Crippen molar-refractivity contribution in [1.29, 1.82) is 0 Å². The first kappa shape index (κ1) is 16.1. The van der Waals surface area contributed by atoms with Gasteiger partial charge in [0.15, 0.2) is 5.76 Å². The number of carbonyl (C=O) groups is 1. The standard InChI is InChI=1S/C21H21NO2/c1-3-22(4-2)18-12-9-16(10-13-18)11-14-19(23)21-15-17-7-5-6-8-20(17)24-21/h5-15H,3-4H2,1-2H3/b14-11+. The van der Waals surface area contributed by atoms with Gasteiger partial charge in [0.25, 0.3) is 0 Å². The number of benzene rings is 2. The molecule has 3 rings (SSSR count). The van der Waals surface area contributed by atoms with Crippen molar-refractivity contribution in [3.8, 4) is 0 Å². The van der Waals surface area contributed by atoms with Gasteiger partial charge in [0.05, 0.1) is 0 Å². The summed E-state index contributed by atoms with van der Waals surface area (Å²) >= 11 is 0. The van der Waals surface area contributed by atoms with E-state index in [0.29, 0.717) is 5.76 Å². The molecule has 122 valence electrons. The van der Waals surface area contributed by atoms with Crippen LogP contribution in [0, 0.1) is 0 Å². The van der Waals surface area contributed by atoms with E-state index >= 15 is 0 Å². The normalized spacial score (nSPS) is 11.2. The zero-order valence-corrected chi connectivity index (χ0v) is 14.0. The third kappa shape index (κ3) is 3.40. The molecule has 0 amide bonds. The topological polar surface area (TPSA) is 33.5 Å². The fraction of sp³-hybridized carbons (Fsp3) is 0.190. The van der Waals surface area contributed by atoms with Crippen molar-refractivity contribution in [2.24, 2.45) is 0 Å². The number of furan rings is 1. The van der Waals surface area contributed by atoms with Crippen LogP contribution in [-0.4, -0.2) is 18.9 Å². The molecule has 24 heavy (non-hydrogen) atoms. The molecule has 0 bridgehead atoms. The minimum absolute atomic E-state index is 0.126. The Morgan fingerprint density at radius 3 is 2.42 bits per heavy atom. The van der Waals surface area contributed by atoms with E-state index in [4.69, 9.17) is 4.42 Å². The van der Waals surface area contributed by atoms with Gasteiger partial charge < -0.3 is 9.32 Å². The Kier molecular flexibility index (Phi) is 4.80. The highest BCUT2D eigenvalue weighted by molar-refractivity contribution is 6.06. The van der Waals surface area contributed by atoms with Gasteiger partial charge in [0.2, 0.25) is 5.78 Å². The number of para-hydroxylation sites is 1. The average Bonchev–Trinajstić information content (AvgIpc) is 3.06. The summed E-state index contributed by atoms with van der Waals surface area (Å²) in [4.78, 5) is 14.6. The van der Waals surface area contributed by atoms with E-state index in [2.05, 4.69) is 30.9 Å². The first-order valence-electron chi connectivity index (χ1n) is 8.27. The number of ketones is 1. The largest absolute Gasteiger partial charge is 0.453 e. The first-order chi connectivity index (χ1) is 11.7. The van der Waals surface area contributed by atoms with E-state index in [1.165, 1.54) is 5.69 Å². The number of allylic oxidation sites excluding steroid dienone is 1. The molecular formula is C21H21NO2. The molecule has 0 radical (unpaired) electrons. The summed E-state index contributed by atoms with van der Waals surface area (Å²) < 4.78 is 5.59. The number of hydrogen-bond donors (Lipinski definition) is 0. The lowest BCUT2D eigenvalue weighted by molar-refractivity contribution is 0.102. The summed E-state index contributed by atoms with van der Waals surface area (Å²) in [7, 11) is 0. The van der Waals surface area contributed by atoms with Crippen LogP contribution >= 0.6 is 0 Å². The van der Waals surface area contributed by atoms with Gasteiger partial charge in [-0.2, -0.15) is 0 Å². The minimum atomic E-state index is -0.126. The van der Waals surface area contributed by atoms with Gasteiger partial charge in [0.1, 0.15) is 5.58 Å². The highest BCUT2D eigenvalue weighted by Gasteiger charge is 2.09. The third-order valence-corrected chi connectivity index (χ3v) is 4.12. The minimum Gasteiger partial charge on any atom is -0.453 e. The van der Waals surface area contributed by atoms with Gasteiger partial charge in [-0.1, -0.05) is 36.4 Å². The maximum absolute atomic E-state index is 12.3. The van der Waals surface area contributed by atoms with Crippen molar-refractivity contribution in [3.05, 3.63) is 72.0 Å². The van der Waals surface area contributed by atoms with E-state index in [9.17, 15) is 4.79 Å². The smallest absolute Gasteiger partial charge is 0.221 e. The van der Waals surface area contributed by atoms with Crippen molar-refractivity contribution >= 4 is 28.5 Å². The van der Waals surface area contributed by atoms with Gasteiger partial charge in [0, 0.05) is 24.2 Å². The number of hydrogen-bond acceptors (Lipinski definition) is 3. The molecule has 0 saturated heterocycles. The second kappa shape index (κ2) is 7.18. The molecule has 0 spiro atoms. The molecule has 1 aromatic heterocycles. The molecule has 3 nitrogen and oxygen atoms in total. The lowest BCUT2D eigenvalue weighted by atomic mass is 10.1. The number of nitrogens with zero attached hydrogens (tertiary/aromatic N) is 1. The predicted molar refractivity (Wildman–Crippen MR) is 99.6 cm³/mol. The van der Waals surface area contributed by atoms with Crippen molar-refractivity contribution < 1.29 is 9.21 Å². The molecule has 1 heterocycles. The Morgan fingerprint density at radius 2 is 1.75 bits per heavy atom. The number of anilines is 1. The van der Waals surface area contributed by atoms with E-state index in [1.54, 1.807) is 12.1 Å². The molecule has 2 aromatic carbocycles. The zero-order valence-electron chi connectivity index (χ0n) is 14.0. The summed E-state index contributed by atoms with van der Waals surface area (Å²) in [5.41, 5.74) is 2.92. The lowest BCUT2D eigenvalue weighted by Gasteiger charge is -2.20. The van der Waals surface area contributed by atoms with Crippen LogP contribution in [0.3, 0.4) is 0 Å². The van der Waals surface area contributed by atoms with Crippen LogP contribution in [-0.2, 0) is 0 Å². The van der Waals surface area contributed by atoms with Crippen LogP contribution in [0.4, 0.5) is 5.69 Å². The van der Waals surface area contributed by atoms with E-state index in [-0.39, 0.29) is 5.78 Å². The van der Waals surface area contributed by atoms with E-state index < -0.39 is 0 Å². The molecule has 0 fully saturated rings. The van der Waals surface area contributed by atoms with Gasteiger partial charge in [-0.15, -0.1) is 0 Å². The summed E-state index contributed by atoms with van der Waals surface area (Å²) in [5.74, 6) is 0.242. The van der Waals surface area contributed by atoms with Crippen LogP contribution < -0.4 is 4.90 Å². The summed E-state index contributed by atoms with van der Waals surface area (Å²) in [6.45, 7) is 6.25. The van der Waals surface area contributed by atoms with Crippen LogP contribution in [0.2, 0.25) is 0 Å². The first-order valence-corrected chi connectivity index (χ1v) is 8.27. The second-order valence-corrected chi connectivity index (χ2v) is 5.61. The quantitative estimate of drug-likeness (QED) is 0.464. The number of rotatable bonds is 6. The predicted octanol–water partition coefficient (Wildman–Crippen LogP) is 5.18. The number of carbonyl (C=O) groups excluding carboxylic acids is 1. The Hall–Kier alpha value is -2.81. The van der Waals surface area contributed by atoms with Gasteiger partial charge in [-0.25, -0.2) is 0 Å². The molecule has 0 unspecified atom stereocenters. The van der Waals surface area contributed by atoms with Crippen LogP contribution in [0.15, 0.2) is 65.1 Å². The van der Waals surface area contributed by atoms with Gasteiger partial charge in [-0.05, 0) is 49.8 Å². The lowest BCUT2D eigenvalue weighted by Crippen LogP contribution is -2.21. The fourth-order valence-electron chi connectivity index (χ4n) is 2.74. The van der Waals surface area contributed by atoms with Crippen LogP contribution in [0.25, 0.3) is 17.0 Å². The third-order valence-electron chi connectivity index (χ3n) is 4.12. The molecule has 3 aromatic rings. The average molecular weight is 319 g/mol. The molecule has 0 aliphatic heterocycles. The van der Waals surface area contributed by atoms with Crippen LogP contribution in [0.1, 0.15) is 30.0 Å². The molecule has 0 aliphatic rings. The maximum atomic E-state index is 12.3. The van der Waals surface area contributed by atoms with Gasteiger partial charge in [-0.3, -0.25) is 4.79 Å². The Balaban J connectivity index is 1.74. The maximum Gasteiger partial charge on any atom is 0.221 e. The van der Waals surface area contributed by atoms with E-state index in [1.807, 2.05) is 42.5 Å². The van der Waals surface area contributed by atoms with Crippen molar-refractivity contribution in [2.75, 3.05) is 18.0 Å². The van der Waals surface area contributed by atoms with Crippen molar-refractivity contribution in [1.82, 2.24) is 0 Å². The molecule has 0 saturated carbocycles. The second-order valence-electron chi connectivity index (χ2n) is 5.61. The van der Waals surface area contributed by atoms with Crippen molar-refractivity contribution in [2.45, 2.75) is 13.8 Å².